The zero-order valence-electron chi connectivity index (χ0n) is 20.6. The van der Waals surface area contributed by atoms with Gasteiger partial charge in [-0.05, 0) is 49.6 Å². The van der Waals surface area contributed by atoms with Crippen LogP contribution in [0.5, 0.6) is 0 Å². The lowest BCUT2D eigenvalue weighted by atomic mass is 9.62. The van der Waals surface area contributed by atoms with Gasteiger partial charge in [0.25, 0.3) is 5.91 Å². The van der Waals surface area contributed by atoms with E-state index < -0.39 is 16.9 Å². The number of aryl methyl sites for hydroxylation is 1. The predicted molar refractivity (Wildman–Crippen MR) is 147 cm³/mol. The molecule has 8 heteroatoms. The molecule has 0 saturated carbocycles. The number of nitrogens with one attached hydrogen (secondary N) is 1. The number of carbonyl (C=O) groups is 2. The number of piperidine rings is 1. The van der Waals surface area contributed by atoms with E-state index in [9.17, 15) is 14.7 Å². The van der Waals surface area contributed by atoms with Gasteiger partial charge in [0.2, 0.25) is 0 Å². The second kappa shape index (κ2) is 10.0. The van der Waals surface area contributed by atoms with Crippen LogP contribution in [0, 0.1) is 5.41 Å². The van der Waals surface area contributed by atoms with Gasteiger partial charge < -0.3 is 15.0 Å². The van der Waals surface area contributed by atoms with Gasteiger partial charge in [0.15, 0.2) is 0 Å². The van der Waals surface area contributed by atoms with E-state index >= 15 is 0 Å². The fourth-order valence-corrected chi connectivity index (χ4v) is 6.26. The number of carboxylic acid groups (broad SMARTS) is 1. The maximum Gasteiger partial charge on any atom is 0.316 e. The number of carboxylic acids is 1. The number of halogens is 2. The van der Waals surface area contributed by atoms with E-state index in [0.29, 0.717) is 47.1 Å². The van der Waals surface area contributed by atoms with Crippen LogP contribution in [0.15, 0.2) is 72.8 Å². The maximum atomic E-state index is 13.9. The summed E-state index contributed by atoms with van der Waals surface area (Å²) in [6.07, 6.45) is 8.86. The molecule has 192 valence electrons. The van der Waals surface area contributed by atoms with E-state index in [0.717, 1.165) is 24.0 Å². The Balaban J connectivity index is 1.55. The highest BCUT2D eigenvalue weighted by Crippen LogP contribution is 2.45. The van der Waals surface area contributed by atoms with Crippen LogP contribution in [-0.2, 0) is 18.4 Å². The van der Waals surface area contributed by atoms with Gasteiger partial charge in [-0.2, -0.15) is 0 Å². The number of fused-ring (bicyclic) bond motifs is 1. The van der Waals surface area contributed by atoms with Crippen molar-refractivity contribution >= 4 is 46.0 Å². The van der Waals surface area contributed by atoms with Crippen LogP contribution in [-0.4, -0.2) is 45.1 Å². The molecular weight excluding hydrogens is 509 g/mol. The lowest BCUT2D eigenvalue weighted by Crippen LogP contribution is -2.69. The molecule has 3 aromatic rings. The Bertz CT molecular complexity index is 1410. The summed E-state index contributed by atoms with van der Waals surface area (Å²) < 4.78 is 1.77. The van der Waals surface area contributed by atoms with Crippen molar-refractivity contribution < 1.29 is 14.7 Å². The summed E-state index contributed by atoms with van der Waals surface area (Å²) in [4.78, 5) is 29.1. The molecule has 2 N–H and O–H groups in total. The van der Waals surface area contributed by atoms with Crippen LogP contribution >= 0.6 is 23.2 Å². The van der Waals surface area contributed by atoms with E-state index in [1.807, 2.05) is 36.4 Å². The van der Waals surface area contributed by atoms with Crippen molar-refractivity contribution in [3.63, 3.8) is 0 Å². The third kappa shape index (κ3) is 4.48. The minimum Gasteiger partial charge on any atom is -0.481 e. The molecule has 1 fully saturated rings. The molecular formula is C29H29Cl2N3O3. The molecule has 5 rings (SSSR count). The van der Waals surface area contributed by atoms with E-state index in [-0.39, 0.29) is 5.91 Å². The van der Waals surface area contributed by atoms with Gasteiger partial charge in [0.1, 0.15) is 11.1 Å². The number of benzene rings is 2. The smallest absolute Gasteiger partial charge is 0.316 e. The zero-order chi connectivity index (χ0) is 26.2. The van der Waals surface area contributed by atoms with E-state index in [4.69, 9.17) is 23.2 Å². The molecule has 2 atom stereocenters. The summed E-state index contributed by atoms with van der Waals surface area (Å²) in [5, 5.41) is 15.3. The molecule has 0 spiro atoms. The van der Waals surface area contributed by atoms with Crippen LogP contribution in [0.25, 0.3) is 10.9 Å². The molecule has 37 heavy (non-hydrogen) atoms. The van der Waals surface area contributed by atoms with Gasteiger partial charge in [0, 0.05) is 31.0 Å². The summed E-state index contributed by atoms with van der Waals surface area (Å²) in [6.45, 7) is 1.91. The molecule has 0 bridgehead atoms. The van der Waals surface area contributed by atoms with Crippen LogP contribution in [0.2, 0.25) is 10.0 Å². The first-order chi connectivity index (χ1) is 17.8. The summed E-state index contributed by atoms with van der Waals surface area (Å²) in [5.74, 6) is -1.28. The number of nitrogens with zero attached hydrogens (tertiary/aromatic N) is 2. The van der Waals surface area contributed by atoms with Gasteiger partial charge >= 0.3 is 5.97 Å². The summed E-state index contributed by atoms with van der Waals surface area (Å²) in [6, 6.07) is 15.4. The van der Waals surface area contributed by atoms with Crippen molar-refractivity contribution in [3.05, 3.63) is 94.1 Å². The minimum absolute atomic E-state index is 0.300. The summed E-state index contributed by atoms with van der Waals surface area (Å²) >= 11 is 12.7. The maximum absolute atomic E-state index is 13.9. The van der Waals surface area contributed by atoms with Crippen molar-refractivity contribution in [1.29, 1.82) is 0 Å². The normalized spacial score (nSPS) is 23.9. The molecule has 1 aromatic heterocycles. The number of aliphatic carboxylic acids is 1. The van der Waals surface area contributed by atoms with Gasteiger partial charge in [0.05, 0.1) is 15.6 Å². The average molecular weight is 538 g/mol. The summed E-state index contributed by atoms with van der Waals surface area (Å²) in [7, 11) is 1.80. The number of hydrogen-bond acceptors (Lipinski definition) is 3. The molecule has 1 amide bonds. The van der Waals surface area contributed by atoms with Gasteiger partial charge in [-0.15, -0.1) is 0 Å². The third-order valence-corrected chi connectivity index (χ3v) is 8.64. The fourth-order valence-electron chi connectivity index (χ4n) is 5.89. The third-order valence-electron chi connectivity index (χ3n) is 7.82. The van der Waals surface area contributed by atoms with Crippen molar-refractivity contribution in [2.24, 2.45) is 12.5 Å². The SMILES string of the molecule is Cn1c(C(=O)NC2(C3(C(=O)O)C=CC=CC3)CCCN(Cc3ccccc3)C2)cc2c(Cl)c(Cl)ccc21. The van der Waals surface area contributed by atoms with Crippen molar-refractivity contribution in [1.82, 2.24) is 14.8 Å². The Kier molecular flexibility index (Phi) is 6.92. The highest BCUT2D eigenvalue weighted by molar-refractivity contribution is 6.45. The van der Waals surface area contributed by atoms with E-state index in [1.54, 1.807) is 35.9 Å². The first-order valence-corrected chi connectivity index (χ1v) is 13.1. The standard InChI is InChI=1S/C29H29Cl2N3O3/c1-33-23-12-11-22(30)25(31)21(23)17-24(33)26(35)32-29(28(27(36)37)13-6-3-7-14-28)15-8-16-34(19-29)18-20-9-4-2-5-10-20/h2-7,9-13,17H,8,14-16,18-19H2,1H3,(H,32,35)(H,36,37). The number of allylic oxidation sites excluding steroid dienone is 3. The first-order valence-electron chi connectivity index (χ1n) is 12.4. The fraction of sp³-hybridized carbons (Fsp3) is 0.310. The van der Waals surface area contributed by atoms with Gasteiger partial charge in [-0.25, -0.2) is 0 Å². The molecule has 1 aliphatic heterocycles. The van der Waals surface area contributed by atoms with Gasteiger partial charge in [-0.1, -0.05) is 77.8 Å². The van der Waals surface area contributed by atoms with Crippen molar-refractivity contribution in [3.8, 4) is 0 Å². The first kappa shape index (κ1) is 25.6. The average Bonchev–Trinajstić information content (AvgIpc) is 3.24. The lowest BCUT2D eigenvalue weighted by molar-refractivity contribution is -0.152. The molecule has 2 unspecified atom stereocenters. The predicted octanol–water partition coefficient (Wildman–Crippen LogP) is 5.84. The Morgan fingerprint density at radius 2 is 1.89 bits per heavy atom. The van der Waals surface area contributed by atoms with Crippen LogP contribution < -0.4 is 5.32 Å². The van der Waals surface area contributed by atoms with Gasteiger partial charge in [-0.3, -0.25) is 14.5 Å². The molecule has 0 radical (unpaired) electrons. The Hall–Kier alpha value is -3.06. The molecule has 2 heterocycles. The Labute approximate surface area is 226 Å². The number of carbonyl (C=O) groups excluding carboxylic acids is 1. The Morgan fingerprint density at radius 3 is 2.59 bits per heavy atom. The molecule has 1 saturated heterocycles. The zero-order valence-corrected chi connectivity index (χ0v) is 22.1. The van der Waals surface area contributed by atoms with Crippen LogP contribution in [0.4, 0.5) is 0 Å². The number of amides is 1. The monoisotopic (exact) mass is 537 g/mol. The van der Waals surface area contributed by atoms with Crippen LogP contribution in [0.1, 0.15) is 35.3 Å². The van der Waals surface area contributed by atoms with E-state index in [2.05, 4.69) is 22.3 Å². The number of rotatable bonds is 6. The Morgan fingerprint density at radius 1 is 1.11 bits per heavy atom. The minimum atomic E-state index is -1.28. The second-order valence-corrected chi connectivity index (χ2v) is 10.8. The molecule has 2 aliphatic rings. The highest BCUT2D eigenvalue weighted by Gasteiger charge is 2.57. The van der Waals surface area contributed by atoms with Crippen molar-refractivity contribution in [2.75, 3.05) is 13.1 Å². The molecule has 6 nitrogen and oxygen atoms in total. The molecule has 1 aliphatic carbocycles. The largest absolute Gasteiger partial charge is 0.481 e. The lowest BCUT2D eigenvalue weighted by Gasteiger charge is -2.52. The number of hydrogen-bond donors (Lipinski definition) is 2. The van der Waals surface area contributed by atoms with Crippen LogP contribution in [0.3, 0.4) is 0 Å². The van der Waals surface area contributed by atoms with Crippen molar-refractivity contribution in [2.45, 2.75) is 31.3 Å². The number of likely N-dealkylation sites (tertiary alicyclic amines) is 1. The van der Waals surface area contributed by atoms with E-state index in [1.165, 1.54) is 0 Å². The summed E-state index contributed by atoms with van der Waals surface area (Å²) in [5.41, 5.74) is 0.0136. The number of aromatic nitrogens is 1. The molecule has 2 aromatic carbocycles. The highest BCUT2D eigenvalue weighted by atomic mass is 35.5. The quantitative estimate of drug-likeness (QED) is 0.414. The topological polar surface area (TPSA) is 74.6 Å². The second-order valence-electron chi connectivity index (χ2n) is 9.99.